The minimum atomic E-state index is 0.788. The van der Waals surface area contributed by atoms with Gasteiger partial charge in [0, 0.05) is 19.5 Å². The molecule has 0 atom stereocenters. The molecule has 0 aliphatic carbocycles. The molecule has 3 rings (SSSR count). The zero-order valence-electron chi connectivity index (χ0n) is 15.7. The Balaban J connectivity index is 2.10. The van der Waals surface area contributed by atoms with Gasteiger partial charge < -0.3 is 10.2 Å². The molecule has 0 amide bonds. The van der Waals surface area contributed by atoms with Crippen LogP contribution in [0.4, 0.5) is 5.82 Å². The first kappa shape index (κ1) is 17.4. The van der Waals surface area contributed by atoms with Crippen molar-refractivity contribution < 1.29 is 0 Å². The topological polar surface area (TPSA) is 58.9 Å². The van der Waals surface area contributed by atoms with Crippen molar-refractivity contribution in [2.45, 2.75) is 27.2 Å². The third-order valence-corrected chi connectivity index (χ3v) is 4.19. The number of nitrogens with one attached hydrogen (secondary N) is 1. The number of likely N-dealkylation sites (N-methyl/N-ethyl adjacent to an activating group) is 1. The maximum atomic E-state index is 4.76. The fraction of sp³-hybridized carbons (Fsp3) is 0.421. The molecule has 0 bridgehead atoms. The summed E-state index contributed by atoms with van der Waals surface area (Å²) in [5.41, 5.74) is 4.04. The van der Waals surface area contributed by atoms with Gasteiger partial charge in [-0.05, 0) is 40.1 Å². The Kier molecular flexibility index (Phi) is 4.99. The number of aryl methyl sites for hydroxylation is 3. The first-order valence-corrected chi connectivity index (χ1v) is 8.71. The summed E-state index contributed by atoms with van der Waals surface area (Å²) in [5, 5.41) is 9.19. The second-order valence-electron chi connectivity index (χ2n) is 6.60. The largest absolute Gasteiger partial charge is 0.368 e. The predicted octanol–water partition coefficient (Wildman–Crippen LogP) is 2.97. The second kappa shape index (κ2) is 7.19. The monoisotopic (exact) mass is 338 g/mol. The molecule has 0 fully saturated rings. The van der Waals surface area contributed by atoms with Crippen LogP contribution in [0.1, 0.15) is 24.0 Å². The quantitative estimate of drug-likeness (QED) is 0.749. The van der Waals surface area contributed by atoms with E-state index in [0.717, 1.165) is 53.6 Å². The van der Waals surface area contributed by atoms with Crippen molar-refractivity contribution in [1.29, 1.82) is 0 Å². The lowest BCUT2D eigenvalue weighted by Crippen LogP contribution is -2.21. The molecule has 6 nitrogen and oxygen atoms in total. The summed E-state index contributed by atoms with van der Waals surface area (Å²) in [6.45, 7) is 7.94. The van der Waals surface area contributed by atoms with E-state index in [2.05, 4.69) is 62.4 Å². The lowest BCUT2D eigenvalue weighted by atomic mass is 10.2. The van der Waals surface area contributed by atoms with Crippen LogP contribution < -0.4 is 5.32 Å². The Bertz CT molecular complexity index is 864. The van der Waals surface area contributed by atoms with Crippen LogP contribution >= 0.6 is 0 Å². The molecule has 0 saturated heterocycles. The maximum Gasteiger partial charge on any atom is 0.168 e. The van der Waals surface area contributed by atoms with E-state index in [4.69, 9.17) is 15.1 Å². The van der Waals surface area contributed by atoms with Crippen LogP contribution in [0.2, 0.25) is 0 Å². The number of hydrogen-bond donors (Lipinski definition) is 1. The van der Waals surface area contributed by atoms with Crippen LogP contribution in [0.5, 0.6) is 0 Å². The number of hydrogen-bond acceptors (Lipinski definition) is 5. The van der Waals surface area contributed by atoms with E-state index in [0.29, 0.717) is 0 Å². The van der Waals surface area contributed by atoms with Crippen molar-refractivity contribution in [2.24, 2.45) is 0 Å². The minimum absolute atomic E-state index is 0.788. The van der Waals surface area contributed by atoms with Crippen LogP contribution in [0.3, 0.4) is 0 Å². The lowest BCUT2D eigenvalue weighted by Gasteiger charge is -2.12. The highest BCUT2D eigenvalue weighted by Gasteiger charge is 2.17. The Morgan fingerprint density at radius 1 is 1.08 bits per heavy atom. The average Bonchev–Trinajstić information content (AvgIpc) is 2.92. The standard InChI is InChI=1S/C19H26N6/c1-6-16-21-18(20-11-12-24(4)5)17-14(3)23-25(19(17)22-16)15-9-7-13(2)8-10-15/h7-10H,6,11-12H2,1-5H3,(H,20,21,22). The molecule has 0 aliphatic heterocycles. The van der Waals surface area contributed by atoms with Crippen molar-refractivity contribution in [3.05, 3.63) is 41.3 Å². The second-order valence-corrected chi connectivity index (χ2v) is 6.60. The van der Waals surface area contributed by atoms with Crippen LogP contribution in [-0.4, -0.2) is 51.8 Å². The highest BCUT2D eigenvalue weighted by atomic mass is 15.3. The van der Waals surface area contributed by atoms with Crippen LogP contribution in [-0.2, 0) is 6.42 Å². The molecular formula is C19H26N6. The van der Waals surface area contributed by atoms with E-state index in [1.165, 1.54) is 5.56 Å². The summed E-state index contributed by atoms with van der Waals surface area (Å²) < 4.78 is 1.92. The fourth-order valence-electron chi connectivity index (χ4n) is 2.78. The van der Waals surface area contributed by atoms with E-state index in [1.807, 2.05) is 11.6 Å². The molecule has 0 aliphatic rings. The zero-order chi connectivity index (χ0) is 18.0. The van der Waals surface area contributed by atoms with Crippen molar-refractivity contribution in [3.63, 3.8) is 0 Å². The zero-order valence-corrected chi connectivity index (χ0v) is 15.7. The van der Waals surface area contributed by atoms with Crippen LogP contribution in [0, 0.1) is 13.8 Å². The lowest BCUT2D eigenvalue weighted by molar-refractivity contribution is 0.425. The van der Waals surface area contributed by atoms with Gasteiger partial charge in [0.2, 0.25) is 0 Å². The van der Waals surface area contributed by atoms with Crippen LogP contribution in [0.25, 0.3) is 16.7 Å². The van der Waals surface area contributed by atoms with E-state index in [1.54, 1.807) is 0 Å². The molecule has 25 heavy (non-hydrogen) atoms. The van der Waals surface area contributed by atoms with Gasteiger partial charge in [0.15, 0.2) is 5.65 Å². The highest BCUT2D eigenvalue weighted by Crippen LogP contribution is 2.26. The smallest absolute Gasteiger partial charge is 0.168 e. The number of aromatic nitrogens is 4. The molecule has 1 N–H and O–H groups in total. The molecule has 2 heterocycles. The van der Waals surface area contributed by atoms with Gasteiger partial charge in [0.05, 0.1) is 16.8 Å². The SMILES string of the molecule is CCc1nc(NCCN(C)C)c2c(C)nn(-c3ccc(C)cc3)c2n1. The van der Waals surface area contributed by atoms with Crippen LogP contribution in [0.15, 0.2) is 24.3 Å². The first-order chi connectivity index (χ1) is 12.0. The normalized spacial score (nSPS) is 11.4. The minimum Gasteiger partial charge on any atom is -0.368 e. The number of rotatable bonds is 6. The van der Waals surface area contributed by atoms with Gasteiger partial charge in [-0.15, -0.1) is 0 Å². The molecular weight excluding hydrogens is 312 g/mol. The van der Waals surface area contributed by atoms with E-state index >= 15 is 0 Å². The molecule has 0 unspecified atom stereocenters. The Morgan fingerprint density at radius 3 is 2.44 bits per heavy atom. The van der Waals surface area contributed by atoms with Gasteiger partial charge in [0.1, 0.15) is 11.6 Å². The van der Waals surface area contributed by atoms with Gasteiger partial charge in [-0.1, -0.05) is 24.6 Å². The Hall–Kier alpha value is -2.47. The number of benzene rings is 1. The van der Waals surface area contributed by atoms with Gasteiger partial charge in [-0.2, -0.15) is 5.10 Å². The summed E-state index contributed by atoms with van der Waals surface area (Å²) in [5.74, 6) is 1.70. The number of anilines is 1. The van der Waals surface area contributed by atoms with E-state index < -0.39 is 0 Å². The third-order valence-electron chi connectivity index (χ3n) is 4.19. The van der Waals surface area contributed by atoms with E-state index in [-0.39, 0.29) is 0 Å². The van der Waals surface area contributed by atoms with Gasteiger partial charge in [0.25, 0.3) is 0 Å². The van der Waals surface area contributed by atoms with Crippen molar-refractivity contribution in [3.8, 4) is 5.69 Å². The molecule has 132 valence electrons. The predicted molar refractivity (Wildman–Crippen MR) is 103 cm³/mol. The fourth-order valence-corrected chi connectivity index (χ4v) is 2.78. The average molecular weight is 338 g/mol. The summed E-state index contributed by atoms with van der Waals surface area (Å²) in [7, 11) is 4.13. The summed E-state index contributed by atoms with van der Waals surface area (Å²) >= 11 is 0. The van der Waals surface area contributed by atoms with Gasteiger partial charge in [-0.3, -0.25) is 0 Å². The van der Waals surface area contributed by atoms with Crippen molar-refractivity contribution in [2.75, 3.05) is 32.5 Å². The summed E-state index contributed by atoms with van der Waals surface area (Å²) in [6.07, 6.45) is 0.788. The van der Waals surface area contributed by atoms with Gasteiger partial charge >= 0.3 is 0 Å². The number of fused-ring (bicyclic) bond motifs is 1. The van der Waals surface area contributed by atoms with Crippen molar-refractivity contribution >= 4 is 16.9 Å². The first-order valence-electron chi connectivity index (χ1n) is 8.71. The molecule has 0 radical (unpaired) electrons. The molecule has 3 aromatic rings. The molecule has 2 aromatic heterocycles. The molecule has 0 spiro atoms. The molecule has 0 saturated carbocycles. The Morgan fingerprint density at radius 2 is 1.80 bits per heavy atom. The Labute approximate surface area is 148 Å². The summed E-state index contributed by atoms with van der Waals surface area (Å²) in [6, 6.07) is 8.34. The van der Waals surface area contributed by atoms with Crippen molar-refractivity contribution in [1.82, 2.24) is 24.6 Å². The summed E-state index contributed by atoms with van der Waals surface area (Å²) in [4.78, 5) is 11.6. The maximum absolute atomic E-state index is 4.76. The third kappa shape index (κ3) is 3.64. The van der Waals surface area contributed by atoms with Gasteiger partial charge in [-0.25, -0.2) is 14.6 Å². The molecule has 1 aromatic carbocycles. The molecule has 6 heteroatoms. The highest BCUT2D eigenvalue weighted by molar-refractivity contribution is 5.90. The number of nitrogens with zero attached hydrogens (tertiary/aromatic N) is 5. The van der Waals surface area contributed by atoms with E-state index in [9.17, 15) is 0 Å².